The number of aromatic nitrogens is 2. The van der Waals surface area contributed by atoms with Crippen LogP contribution in [0.2, 0.25) is 0 Å². The second-order valence-electron chi connectivity index (χ2n) is 7.84. The molecule has 4 rings (SSSR count). The predicted octanol–water partition coefficient (Wildman–Crippen LogP) is 3.42. The molecule has 1 N–H and O–H groups in total. The van der Waals surface area contributed by atoms with E-state index >= 15 is 0 Å². The summed E-state index contributed by atoms with van der Waals surface area (Å²) in [7, 11) is 0. The average molecular weight is 370 g/mol. The summed E-state index contributed by atoms with van der Waals surface area (Å²) in [5.41, 5.74) is 2.98. The molecular formula is C20H26N4O3. The Morgan fingerprint density at radius 2 is 2.04 bits per heavy atom. The minimum Gasteiger partial charge on any atom is -0.381 e. The molecule has 1 spiro atoms. The molecule has 2 aromatic rings. The number of rotatable bonds is 2. The molecule has 2 aliphatic heterocycles. The van der Waals surface area contributed by atoms with Crippen LogP contribution in [0.5, 0.6) is 0 Å². The SMILES string of the molecule is Cc1ccc(C)c(NC(=O)N2C[C@@H](c3nc(C)no3)C3(CCOCC3)C2)c1. The van der Waals surface area contributed by atoms with Crippen LogP contribution in [0.3, 0.4) is 0 Å². The molecule has 2 saturated heterocycles. The molecule has 0 unspecified atom stereocenters. The van der Waals surface area contributed by atoms with Gasteiger partial charge in [0.25, 0.3) is 0 Å². The van der Waals surface area contributed by atoms with E-state index < -0.39 is 0 Å². The second-order valence-corrected chi connectivity index (χ2v) is 7.84. The van der Waals surface area contributed by atoms with Crippen molar-refractivity contribution in [3.05, 3.63) is 41.0 Å². The molecule has 0 saturated carbocycles. The van der Waals surface area contributed by atoms with E-state index in [-0.39, 0.29) is 17.4 Å². The Kier molecular flexibility index (Phi) is 4.63. The molecule has 0 radical (unpaired) electrons. The highest BCUT2D eigenvalue weighted by Gasteiger charge is 2.51. The van der Waals surface area contributed by atoms with Crippen molar-refractivity contribution in [2.45, 2.75) is 39.5 Å². The number of likely N-dealkylation sites (tertiary alicyclic amines) is 1. The molecule has 27 heavy (non-hydrogen) atoms. The van der Waals surface area contributed by atoms with Gasteiger partial charge in [0.15, 0.2) is 5.82 Å². The summed E-state index contributed by atoms with van der Waals surface area (Å²) in [5, 5.41) is 7.04. The number of ether oxygens (including phenoxy) is 1. The van der Waals surface area contributed by atoms with E-state index in [0.29, 0.717) is 38.0 Å². The van der Waals surface area contributed by atoms with Crippen molar-refractivity contribution in [1.29, 1.82) is 0 Å². The Morgan fingerprint density at radius 3 is 2.74 bits per heavy atom. The van der Waals surface area contributed by atoms with Crippen LogP contribution >= 0.6 is 0 Å². The van der Waals surface area contributed by atoms with Crippen molar-refractivity contribution >= 4 is 11.7 Å². The maximum atomic E-state index is 13.0. The Bertz CT molecular complexity index is 842. The van der Waals surface area contributed by atoms with Gasteiger partial charge in [-0.3, -0.25) is 0 Å². The molecule has 1 atom stereocenters. The van der Waals surface area contributed by atoms with E-state index in [2.05, 4.69) is 15.5 Å². The summed E-state index contributed by atoms with van der Waals surface area (Å²) in [6.45, 7) is 8.52. The number of aryl methyl sites for hydroxylation is 3. The number of benzene rings is 1. The highest BCUT2D eigenvalue weighted by atomic mass is 16.5. The van der Waals surface area contributed by atoms with Crippen molar-refractivity contribution in [2.75, 3.05) is 31.6 Å². The summed E-state index contributed by atoms with van der Waals surface area (Å²) in [6.07, 6.45) is 1.79. The van der Waals surface area contributed by atoms with Gasteiger partial charge in [-0.05, 0) is 50.8 Å². The predicted molar refractivity (Wildman–Crippen MR) is 101 cm³/mol. The zero-order chi connectivity index (χ0) is 19.0. The van der Waals surface area contributed by atoms with Crippen LogP contribution in [0.15, 0.2) is 22.7 Å². The van der Waals surface area contributed by atoms with Crippen molar-refractivity contribution in [1.82, 2.24) is 15.0 Å². The van der Waals surface area contributed by atoms with Gasteiger partial charge in [0.2, 0.25) is 5.89 Å². The van der Waals surface area contributed by atoms with Gasteiger partial charge in [-0.1, -0.05) is 17.3 Å². The van der Waals surface area contributed by atoms with E-state index in [4.69, 9.17) is 9.26 Å². The largest absolute Gasteiger partial charge is 0.381 e. The lowest BCUT2D eigenvalue weighted by atomic mass is 9.72. The minimum atomic E-state index is -0.0756. The first-order chi connectivity index (χ1) is 13.0. The van der Waals surface area contributed by atoms with Gasteiger partial charge < -0.3 is 19.5 Å². The Morgan fingerprint density at radius 1 is 1.26 bits per heavy atom. The Hall–Kier alpha value is -2.41. The number of urea groups is 1. The van der Waals surface area contributed by atoms with Crippen molar-refractivity contribution in [3.63, 3.8) is 0 Å². The third-order valence-electron chi connectivity index (χ3n) is 5.90. The van der Waals surface area contributed by atoms with Gasteiger partial charge in [0, 0.05) is 37.4 Å². The standard InChI is InChI=1S/C20H26N4O3/c1-13-4-5-14(2)17(10-13)22-19(25)24-11-16(18-21-15(3)23-27-18)20(12-24)6-8-26-9-7-20/h4-5,10,16H,6-9,11-12H2,1-3H3,(H,22,25)/t16-/m0/s1. The molecule has 2 aliphatic rings. The van der Waals surface area contributed by atoms with Crippen molar-refractivity contribution in [3.8, 4) is 0 Å². The third kappa shape index (κ3) is 3.43. The summed E-state index contributed by atoms with van der Waals surface area (Å²) in [4.78, 5) is 19.4. The van der Waals surface area contributed by atoms with Gasteiger partial charge in [0.05, 0.1) is 5.92 Å². The van der Waals surface area contributed by atoms with Gasteiger partial charge in [0.1, 0.15) is 0 Å². The number of nitrogens with one attached hydrogen (secondary N) is 1. The summed E-state index contributed by atoms with van der Waals surface area (Å²) in [6, 6.07) is 6.00. The first-order valence-corrected chi connectivity index (χ1v) is 9.48. The number of carbonyl (C=O) groups is 1. The number of carbonyl (C=O) groups excluding carboxylic acids is 1. The number of hydrogen-bond donors (Lipinski definition) is 1. The number of hydrogen-bond acceptors (Lipinski definition) is 5. The number of nitrogens with zero attached hydrogens (tertiary/aromatic N) is 3. The quantitative estimate of drug-likeness (QED) is 0.876. The highest BCUT2D eigenvalue weighted by molar-refractivity contribution is 5.90. The molecule has 0 aliphatic carbocycles. The molecular weight excluding hydrogens is 344 g/mol. The summed E-state index contributed by atoms with van der Waals surface area (Å²) < 4.78 is 11.1. The summed E-state index contributed by atoms with van der Waals surface area (Å²) >= 11 is 0. The van der Waals surface area contributed by atoms with Crippen LogP contribution in [0.25, 0.3) is 0 Å². The van der Waals surface area contributed by atoms with Gasteiger partial charge >= 0.3 is 6.03 Å². The fourth-order valence-corrected chi connectivity index (χ4v) is 4.27. The lowest BCUT2D eigenvalue weighted by Gasteiger charge is -2.36. The zero-order valence-electron chi connectivity index (χ0n) is 16.1. The lowest BCUT2D eigenvalue weighted by Crippen LogP contribution is -2.38. The van der Waals surface area contributed by atoms with Gasteiger partial charge in [-0.15, -0.1) is 0 Å². The monoisotopic (exact) mass is 370 g/mol. The first-order valence-electron chi connectivity index (χ1n) is 9.48. The third-order valence-corrected chi connectivity index (χ3v) is 5.90. The molecule has 144 valence electrons. The average Bonchev–Trinajstić information content (AvgIpc) is 3.23. The number of amides is 2. The van der Waals surface area contributed by atoms with Gasteiger partial charge in [-0.2, -0.15) is 4.98 Å². The number of anilines is 1. The minimum absolute atomic E-state index is 0.0481. The topological polar surface area (TPSA) is 80.5 Å². The van der Waals surface area contributed by atoms with E-state index in [1.807, 2.05) is 43.9 Å². The molecule has 7 nitrogen and oxygen atoms in total. The Balaban J connectivity index is 1.57. The first kappa shape index (κ1) is 18.0. The van der Waals surface area contributed by atoms with Crippen molar-refractivity contribution in [2.24, 2.45) is 5.41 Å². The molecule has 1 aromatic carbocycles. The van der Waals surface area contributed by atoms with Crippen LogP contribution in [0.4, 0.5) is 10.5 Å². The van der Waals surface area contributed by atoms with E-state index in [1.165, 1.54) is 0 Å². The lowest BCUT2D eigenvalue weighted by molar-refractivity contribution is 0.00959. The second kappa shape index (κ2) is 6.96. The fraction of sp³-hybridized carbons (Fsp3) is 0.550. The highest BCUT2D eigenvalue weighted by Crippen LogP contribution is 2.49. The molecule has 7 heteroatoms. The summed E-state index contributed by atoms with van der Waals surface area (Å²) in [5.74, 6) is 1.31. The van der Waals surface area contributed by atoms with Crippen LogP contribution in [0, 0.1) is 26.2 Å². The van der Waals surface area contributed by atoms with Crippen molar-refractivity contribution < 1.29 is 14.1 Å². The maximum absolute atomic E-state index is 13.0. The zero-order valence-corrected chi connectivity index (χ0v) is 16.1. The van der Waals surface area contributed by atoms with Crippen LogP contribution < -0.4 is 5.32 Å². The molecule has 1 aromatic heterocycles. The molecule has 3 heterocycles. The van der Waals surface area contributed by atoms with Gasteiger partial charge in [-0.25, -0.2) is 4.79 Å². The van der Waals surface area contributed by atoms with E-state index in [9.17, 15) is 4.79 Å². The van der Waals surface area contributed by atoms with Crippen LogP contribution in [-0.2, 0) is 4.74 Å². The smallest absolute Gasteiger partial charge is 0.321 e. The van der Waals surface area contributed by atoms with E-state index in [0.717, 1.165) is 29.7 Å². The maximum Gasteiger partial charge on any atom is 0.321 e. The van der Waals surface area contributed by atoms with E-state index in [1.54, 1.807) is 0 Å². The molecule has 0 bridgehead atoms. The molecule has 2 fully saturated rings. The van der Waals surface area contributed by atoms with Crippen LogP contribution in [0.1, 0.15) is 41.6 Å². The fourth-order valence-electron chi connectivity index (χ4n) is 4.27. The Labute approximate surface area is 159 Å². The normalized spacial score (nSPS) is 21.6. The van der Waals surface area contributed by atoms with Crippen LogP contribution in [-0.4, -0.2) is 47.4 Å². The molecule has 2 amide bonds.